The Bertz CT molecular complexity index is 584. The van der Waals surface area contributed by atoms with Crippen LogP contribution in [0, 0.1) is 5.92 Å². The summed E-state index contributed by atoms with van der Waals surface area (Å²) in [5, 5.41) is 11.0. The SMILES string of the molecule is CC(C)(C)OC(=O)N1CC2CC1CC2(O)c1ccc(Br)nc1. The molecule has 0 radical (unpaired) electrons. The molecular weight excluding hydrogens is 348 g/mol. The molecule has 1 aromatic rings. The van der Waals surface area contributed by atoms with Gasteiger partial charge in [0.2, 0.25) is 0 Å². The largest absolute Gasteiger partial charge is 0.444 e. The highest BCUT2D eigenvalue weighted by atomic mass is 79.9. The van der Waals surface area contributed by atoms with E-state index in [-0.39, 0.29) is 18.1 Å². The molecule has 1 amide bonds. The molecule has 2 heterocycles. The zero-order valence-corrected chi connectivity index (χ0v) is 14.6. The Hall–Kier alpha value is -1.14. The van der Waals surface area contributed by atoms with Crippen molar-refractivity contribution in [3.05, 3.63) is 28.5 Å². The number of carbonyl (C=O) groups excluding carboxylic acids is 1. The Labute approximate surface area is 138 Å². The number of fused-ring (bicyclic) bond motifs is 2. The molecule has 3 rings (SSSR count). The highest BCUT2D eigenvalue weighted by molar-refractivity contribution is 9.10. The summed E-state index contributed by atoms with van der Waals surface area (Å²) in [6, 6.07) is 3.77. The summed E-state index contributed by atoms with van der Waals surface area (Å²) in [6.07, 6.45) is 2.78. The van der Waals surface area contributed by atoms with Crippen LogP contribution < -0.4 is 0 Å². The van der Waals surface area contributed by atoms with Gasteiger partial charge in [0.15, 0.2) is 0 Å². The van der Waals surface area contributed by atoms with E-state index in [1.165, 1.54) is 0 Å². The maximum absolute atomic E-state index is 12.2. The average Bonchev–Trinajstić information content (AvgIpc) is 2.95. The van der Waals surface area contributed by atoms with Gasteiger partial charge in [-0.15, -0.1) is 0 Å². The molecule has 1 aromatic heterocycles. The number of nitrogens with zero attached hydrogens (tertiary/aromatic N) is 2. The summed E-state index contributed by atoms with van der Waals surface area (Å²) >= 11 is 3.31. The zero-order chi connectivity index (χ0) is 16.1. The van der Waals surface area contributed by atoms with Crippen molar-refractivity contribution in [2.24, 2.45) is 5.92 Å². The molecule has 120 valence electrons. The molecule has 22 heavy (non-hydrogen) atoms. The summed E-state index contributed by atoms with van der Waals surface area (Å²) in [5.74, 6) is 0.0352. The van der Waals surface area contributed by atoms with E-state index in [9.17, 15) is 9.90 Å². The Kier molecular flexibility index (Phi) is 3.72. The molecule has 3 unspecified atom stereocenters. The second kappa shape index (κ2) is 5.20. The Morgan fingerprint density at radius 1 is 1.50 bits per heavy atom. The molecule has 1 aliphatic carbocycles. The first kappa shape index (κ1) is 15.7. The van der Waals surface area contributed by atoms with Crippen LogP contribution in [-0.4, -0.2) is 39.3 Å². The lowest BCUT2D eigenvalue weighted by Gasteiger charge is -2.38. The first-order valence-corrected chi connectivity index (χ1v) is 8.32. The average molecular weight is 369 g/mol. The number of hydrogen-bond acceptors (Lipinski definition) is 4. The molecule has 5 nitrogen and oxygen atoms in total. The number of ether oxygens (including phenoxy) is 1. The number of hydrogen-bond donors (Lipinski definition) is 1. The van der Waals surface area contributed by atoms with Crippen molar-refractivity contribution in [2.45, 2.75) is 50.9 Å². The van der Waals surface area contributed by atoms with Crippen molar-refractivity contribution in [2.75, 3.05) is 6.54 Å². The first-order chi connectivity index (χ1) is 10.2. The van der Waals surface area contributed by atoms with Gasteiger partial charge in [-0.1, -0.05) is 6.07 Å². The van der Waals surface area contributed by atoms with Crippen molar-refractivity contribution >= 4 is 22.0 Å². The number of pyridine rings is 1. The second-order valence-corrected chi connectivity index (χ2v) is 8.03. The molecule has 2 fully saturated rings. The van der Waals surface area contributed by atoms with Gasteiger partial charge in [0.1, 0.15) is 10.2 Å². The lowest BCUT2D eigenvalue weighted by atomic mass is 9.83. The molecule has 1 N–H and O–H groups in total. The van der Waals surface area contributed by atoms with Crippen molar-refractivity contribution < 1.29 is 14.6 Å². The molecule has 2 aliphatic rings. The van der Waals surface area contributed by atoms with E-state index >= 15 is 0 Å². The van der Waals surface area contributed by atoms with Crippen LogP contribution in [0.4, 0.5) is 4.79 Å². The van der Waals surface area contributed by atoms with E-state index in [0.29, 0.717) is 13.0 Å². The Morgan fingerprint density at radius 3 is 2.73 bits per heavy atom. The summed E-state index contributed by atoms with van der Waals surface area (Å²) < 4.78 is 6.20. The van der Waals surface area contributed by atoms with Crippen LogP contribution in [0.1, 0.15) is 39.2 Å². The third kappa shape index (κ3) is 2.74. The van der Waals surface area contributed by atoms with Gasteiger partial charge in [-0.25, -0.2) is 9.78 Å². The lowest BCUT2D eigenvalue weighted by molar-refractivity contribution is -0.0441. The number of halogens is 1. The number of carbonyl (C=O) groups is 1. The Morgan fingerprint density at radius 2 is 2.23 bits per heavy atom. The van der Waals surface area contributed by atoms with E-state index in [0.717, 1.165) is 16.6 Å². The number of piperidine rings is 1. The van der Waals surface area contributed by atoms with Crippen molar-refractivity contribution in [1.82, 2.24) is 9.88 Å². The van der Waals surface area contributed by atoms with E-state index in [4.69, 9.17) is 4.74 Å². The standard InChI is InChI=1S/C16H21BrN2O3/c1-15(2,3)22-14(20)19-9-11-6-12(19)7-16(11,21)10-4-5-13(17)18-8-10/h4-5,8,11-12,21H,6-7,9H2,1-3H3. The monoisotopic (exact) mass is 368 g/mol. The maximum atomic E-state index is 12.2. The van der Waals surface area contributed by atoms with Crippen LogP contribution in [-0.2, 0) is 10.3 Å². The van der Waals surface area contributed by atoms with Crippen molar-refractivity contribution in [3.8, 4) is 0 Å². The van der Waals surface area contributed by atoms with Gasteiger partial charge in [0.05, 0.1) is 5.60 Å². The fourth-order valence-electron chi connectivity index (χ4n) is 3.51. The van der Waals surface area contributed by atoms with Crippen LogP contribution >= 0.6 is 15.9 Å². The van der Waals surface area contributed by atoms with Gasteiger partial charge in [-0.05, 0) is 49.2 Å². The lowest BCUT2D eigenvalue weighted by Crippen LogP contribution is -2.48. The van der Waals surface area contributed by atoms with Gasteiger partial charge in [-0.3, -0.25) is 0 Å². The van der Waals surface area contributed by atoms with Crippen LogP contribution in [0.2, 0.25) is 0 Å². The topological polar surface area (TPSA) is 62.7 Å². The smallest absolute Gasteiger partial charge is 0.410 e. The van der Waals surface area contributed by atoms with Gasteiger partial charge < -0.3 is 14.7 Å². The predicted molar refractivity (Wildman–Crippen MR) is 85.3 cm³/mol. The minimum atomic E-state index is -0.892. The molecule has 1 saturated carbocycles. The van der Waals surface area contributed by atoms with Crippen molar-refractivity contribution in [3.63, 3.8) is 0 Å². The number of aromatic nitrogens is 1. The van der Waals surface area contributed by atoms with Crippen LogP contribution in [0.3, 0.4) is 0 Å². The molecule has 1 saturated heterocycles. The van der Waals surface area contributed by atoms with Gasteiger partial charge in [0.25, 0.3) is 0 Å². The summed E-state index contributed by atoms with van der Waals surface area (Å²) in [7, 11) is 0. The quantitative estimate of drug-likeness (QED) is 0.773. The normalized spacial score (nSPS) is 30.7. The first-order valence-electron chi connectivity index (χ1n) is 7.53. The highest BCUT2D eigenvalue weighted by Crippen LogP contribution is 2.50. The van der Waals surface area contributed by atoms with Gasteiger partial charge in [0, 0.05) is 36.7 Å². The van der Waals surface area contributed by atoms with Gasteiger partial charge >= 0.3 is 6.09 Å². The number of likely N-dealkylation sites (tertiary alicyclic amines) is 1. The molecular formula is C16H21BrN2O3. The van der Waals surface area contributed by atoms with Crippen LogP contribution in [0.5, 0.6) is 0 Å². The molecule has 0 spiro atoms. The van der Waals surface area contributed by atoms with Crippen LogP contribution in [0.25, 0.3) is 0 Å². The van der Waals surface area contributed by atoms with E-state index in [1.54, 1.807) is 11.1 Å². The fraction of sp³-hybridized carbons (Fsp3) is 0.625. The second-order valence-electron chi connectivity index (χ2n) is 7.22. The zero-order valence-electron chi connectivity index (χ0n) is 13.0. The number of amides is 1. The molecule has 2 bridgehead atoms. The number of rotatable bonds is 1. The minimum absolute atomic E-state index is 0.0352. The summed E-state index contributed by atoms with van der Waals surface area (Å²) in [4.78, 5) is 18.2. The molecule has 6 heteroatoms. The van der Waals surface area contributed by atoms with Gasteiger partial charge in [-0.2, -0.15) is 0 Å². The third-order valence-electron chi connectivity index (χ3n) is 4.49. The molecule has 1 aliphatic heterocycles. The van der Waals surface area contributed by atoms with E-state index < -0.39 is 11.2 Å². The van der Waals surface area contributed by atoms with E-state index in [2.05, 4.69) is 20.9 Å². The van der Waals surface area contributed by atoms with Crippen LogP contribution in [0.15, 0.2) is 22.9 Å². The Balaban J connectivity index is 1.74. The summed E-state index contributed by atoms with van der Waals surface area (Å²) in [5.41, 5.74) is -0.561. The predicted octanol–water partition coefficient (Wildman–Crippen LogP) is 3.06. The van der Waals surface area contributed by atoms with E-state index in [1.807, 2.05) is 32.9 Å². The summed E-state index contributed by atoms with van der Waals surface area (Å²) in [6.45, 7) is 6.13. The number of aliphatic hydroxyl groups is 1. The third-order valence-corrected chi connectivity index (χ3v) is 4.96. The fourth-order valence-corrected chi connectivity index (χ4v) is 3.75. The molecule has 0 aromatic carbocycles. The van der Waals surface area contributed by atoms with Crippen molar-refractivity contribution in [1.29, 1.82) is 0 Å². The highest BCUT2D eigenvalue weighted by Gasteiger charge is 2.56. The minimum Gasteiger partial charge on any atom is -0.444 e. The molecule has 3 atom stereocenters. The maximum Gasteiger partial charge on any atom is 0.410 e.